The molecule has 1 aromatic carbocycles. The molecule has 1 fully saturated rings. The first kappa shape index (κ1) is 18.9. The number of amides is 1. The fourth-order valence-electron chi connectivity index (χ4n) is 3.91. The van der Waals surface area contributed by atoms with Crippen LogP contribution >= 0.6 is 0 Å². The van der Waals surface area contributed by atoms with Gasteiger partial charge in [-0.1, -0.05) is 6.07 Å². The molecule has 8 heteroatoms. The summed E-state index contributed by atoms with van der Waals surface area (Å²) in [5, 5.41) is 4.11. The third kappa shape index (κ3) is 4.37. The zero-order valence-electron chi connectivity index (χ0n) is 16.1. The molecular formula is C21H24N6O2. The highest BCUT2D eigenvalue weighted by molar-refractivity contribution is 5.94. The van der Waals surface area contributed by atoms with Crippen LogP contribution in [0.1, 0.15) is 29.6 Å². The highest BCUT2D eigenvalue weighted by Gasteiger charge is 2.24. The molecule has 1 atom stereocenters. The number of piperidine rings is 1. The van der Waals surface area contributed by atoms with E-state index in [2.05, 4.69) is 25.2 Å². The summed E-state index contributed by atoms with van der Waals surface area (Å²) in [6.07, 6.45) is 6.02. The largest absolute Gasteiger partial charge is 0.378 e. The summed E-state index contributed by atoms with van der Waals surface area (Å²) in [5.41, 5.74) is 7.27. The number of carbonyl (C=O) groups excluding carboxylic acids is 2. The molecule has 3 aromatic rings. The van der Waals surface area contributed by atoms with Crippen LogP contribution in [0.3, 0.4) is 0 Å². The van der Waals surface area contributed by atoms with E-state index in [1.54, 1.807) is 24.5 Å². The number of hydrogen-bond acceptors (Lipinski definition) is 6. The van der Waals surface area contributed by atoms with Crippen molar-refractivity contribution in [2.45, 2.75) is 19.3 Å². The number of hydrogen-bond donors (Lipinski definition) is 3. The van der Waals surface area contributed by atoms with Gasteiger partial charge in [-0.25, -0.2) is 9.97 Å². The highest BCUT2D eigenvalue weighted by Crippen LogP contribution is 2.28. The van der Waals surface area contributed by atoms with Crippen LogP contribution in [0.25, 0.3) is 11.0 Å². The Morgan fingerprint density at radius 2 is 2.17 bits per heavy atom. The lowest BCUT2D eigenvalue weighted by Gasteiger charge is -2.33. The second-order valence-electron chi connectivity index (χ2n) is 7.43. The quantitative estimate of drug-likeness (QED) is 0.568. The molecule has 1 amide bonds. The number of carbonyl (C=O) groups is 2. The van der Waals surface area contributed by atoms with E-state index in [9.17, 15) is 9.59 Å². The van der Waals surface area contributed by atoms with E-state index in [4.69, 9.17) is 5.73 Å². The van der Waals surface area contributed by atoms with Gasteiger partial charge in [0.2, 0.25) is 5.91 Å². The number of nitrogens with one attached hydrogen (secondary N) is 2. The van der Waals surface area contributed by atoms with Crippen LogP contribution in [0.2, 0.25) is 0 Å². The summed E-state index contributed by atoms with van der Waals surface area (Å²) < 4.78 is 0. The van der Waals surface area contributed by atoms with Gasteiger partial charge in [0, 0.05) is 37.0 Å². The van der Waals surface area contributed by atoms with Crippen molar-refractivity contribution in [2.24, 2.45) is 11.7 Å². The Morgan fingerprint density at radius 1 is 1.28 bits per heavy atom. The molecule has 0 saturated carbocycles. The molecule has 4 N–H and O–H groups in total. The molecule has 8 nitrogen and oxygen atoms in total. The number of benzene rings is 1. The molecule has 0 radical (unpaired) electrons. The van der Waals surface area contributed by atoms with Gasteiger partial charge in [-0.15, -0.1) is 0 Å². The smallest absolute Gasteiger partial charge is 0.248 e. The molecule has 0 spiro atoms. The number of anilines is 2. The molecule has 1 aliphatic rings. The summed E-state index contributed by atoms with van der Waals surface area (Å²) in [7, 11) is 0. The van der Waals surface area contributed by atoms with Gasteiger partial charge >= 0.3 is 0 Å². The molecule has 1 aliphatic heterocycles. The zero-order valence-corrected chi connectivity index (χ0v) is 16.1. The number of fused-ring (bicyclic) bond motifs is 1. The topological polar surface area (TPSA) is 117 Å². The van der Waals surface area contributed by atoms with Gasteiger partial charge in [-0.3, -0.25) is 9.59 Å². The molecule has 2 aromatic heterocycles. The van der Waals surface area contributed by atoms with Crippen molar-refractivity contribution < 1.29 is 9.59 Å². The second kappa shape index (κ2) is 8.30. The summed E-state index contributed by atoms with van der Waals surface area (Å²) in [5.74, 6) is 0.882. The van der Waals surface area contributed by atoms with Crippen molar-refractivity contribution >= 4 is 34.2 Å². The van der Waals surface area contributed by atoms with Crippen molar-refractivity contribution in [3.8, 4) is 0 Å². The summed E-state index contributed by atoms with van der Waals surface area (Å²) in [6.45, 7) is 1.97. The van der Waals surface area contributed by atoms with Gasteiger partial charge in [-0.05, 0) is 43.0 Å². The van der Waals surface area contributed by atoms with Crippen LogP contribution in [0, 0.1) is 5.92 Å². The van der Waals surface area contributed by atoms with Crippen LogP contribution in [0.15, 0.2) is 42.9 Å². The number of nitrogens with two attached hydrogens (primary N) is 1. The fourth-order valence-corrected chi connectivity index (χ4v) is 3.91. The van der Waals surface area contributed by atoms with Crippen LogP contribution in [-0.4, -0.2) is 46.3 Å². The normalized spacial score (nSPS) is 16.7. The summed E-state index contributed by atoms with van der Waals surface area (Å²) in [4.78, 5) is 37.9. The SMILES string of the molecule is NC(=O)c1cccc(NCC(=O)C[C@@H]2CCCN(c3ncnc4[nH]ccc34)C2)c1. The number of ketones is 1. The summed E-state index contributed by atoms with van der Waals surface area (Å²) in [6, 6.07) is 8.87. The second-order valence-corrected chi connectivity index (χ2v) is 7.43. The van der Waals surface area contributed by atoms with E-state index in [0.29, 0.717) is 17.9 Å². The maximum atomic E-state index is 12.5. The molecule has 1 saturated heterocycles. The molecule has 3 heterocycles. The Hall–Kier alpha value is -3.42. The van der Waals surface area contributed by atoms with Crippen molar-refractivity contribution in [1.29, 1.82) is 0 Å². The Morgan fingerprint density at radius 3 is 3.03 bits per heavy atom. The molecule has 150 valence electrons. The number of primary amides is 1. The average molecular weight is 392 g/mol. The molecule has 0 unspecified atom stereocenters. The van der Waals surface area contributed by atoms with Crippen molar-refractivity contribution in [2.75, 3.05) is 29.9 Å². The number of aromatic amines is 1. The monoisotopic (exact) mass is 392 g/mol. The Balaban J connectivity index is 1.34. The lowest BCUT2D eigenvalue weighted by Crippen LogP contribution is -2.37. The minimum atomic E-state index is -0.483. The van der Waals surface area contributed by atoms with Gasteiger partial charge in [-0.2, -0.15) is 0 Å². The maximum Gasteiger partial charge on any atom is 0.248 e. The predicted octanol–water partition coefficient (Wildman–Crippen LogP) is 2.34. The molecule has 0 aliphatic carbocycles. The average Bonchev–Trinajstić information content (AvgIpc) is 3.21. The molecule has 0 bridgehead atoms. The first-order chi connectivity index (χ1) is 14.1. The van der Waals surface area contributed by atoms with Crippen LogP contribution in [0.5, 0.6) is 0 Å². The van der Waals surface area contributed by atoms with E-state index in [0.717, 1.165) is 48.5 Å². The fraction of sp³-hybridized carbons (Fsp3) is 0.333. The third-order valence-electron chi connectivity index (χ3n) is 5.30. The standard InChI is InChI=1S/C21H24N6O2/c22-19(29)15-4-1-5-16(10-15)24-11-17(28)9-14-3-2-8-27(12-14)21-18-6-7-23-20(18)25-13-26-21/h1,4-7,10,13-14,24H,2-3,8-9,11-12H2,(H2,22,29)(H,23,25,26)/t14-/m0/s1. The molecule has 4 rings (SSSR count). The van der Waals surface area contributed by atoms with E-state index in [1.165, 1.54) is 0 Å². The van der Waals surface area contributed by atoms with Crippen molar-refractivity contribution in [1.82, 2.24) is 15.0 Å². The lowest BCUT2D eigenvalue weighted by atomic mass is 9.92. The number of H-pyrrole nitrogens is 1. The summed E-state index contributed by atoms with van der Waals surface area (Å²) >= 11 is 0. The molecular weight excluding hydrogens is 368 g/mol. The van der Waals surface area contributed by atoms with Gasteiger partial charge in [0.1, 0.15) is 17.8 Å². The van der Waals surface area contributed by atoms with Crippen molar-refractivity contribution in [3.63, 3.8) is 0 Å². The van der Waals surface area contributed by atoms with Gasteiger partial charge < -0.3 is 20.9 Å². The van der Waals surface area contributed by atoms with Crippen LogP contribution < -0.4 is 16.0 Å². The third-order valence-corrected chi connectivity index (χ3v) is 5.30. The maximum absolute atomic E-state index is 12.5. The molecule has 29 heavy (non-hydrogen) atoms. The zero-order chi connectivity index (χ0) is 20.2. The number of nitrogens with zero attached hydrogens (tertiary/aromatic N) is 3. The van der Waals surface area contributed by atoms with Crippen LogP contribution in [-0.2, 0) is 4.79 Å². The van der Waals surface area contributed by atoms with Crippen LogP contribution in [0.4, 0.5) is 11.5 Å². The van der Waals surface area contributed by atoms with Gasteiger partial charge in [0.15, 0.2) is 5.78 Å². The van der Waals surface area contributed by atoms with E-state index in [-0.39, 0.29) is 12.3 Å². The van der Waals surface area contributed by atoms with Gasteiger partial charge in [0.25, 0.3) is 0 Å². The van der Waals surface area contributed by atoms with Gasteiger partial charge in [0.05, 0.1) is 11.9 Å². The Bertz CT molecular complexity index is 1030. The highest BCUT2D eigenvalue weighted by atomic mass is 16.1. The van der Waals surface area contributed by atoms with E-state index >= 15 is 0 Å². The Kier molecular flexibility index (Phi) is 5.41. The number of aromatic nitrogens is 3. The first-order valence-electron chi connectivity index (χ1n) is 9.78. The Labute approximate surface area is 168 Å². The minimum absolute atomic E-state index is 0.149. The van der Waals surface area contributed by atoms with Crippen molar-refractivity contribution in [3.05, 3.63) is 48.4 Å². The lowest BCUT2D eigenvalue weighted by molar-refractivity contribution is -0.118. The minimum Gasteiger partial charge on any atom is -0.378 e. The number of Topliss-reactive ketones (excluding diaryl/α,β-unsaturated/α-hetero) is 1. The first-order valence-corrected chi connectivity index (χ1v) is 9.78. The predicted molar refractivity (Wildman–Crippen MR) is 112 cm³/mol. The van der Waals surface area contributed by atoms with E-state index < -0.39 is 5.91 Å². The van der Waals surface area contributed by atoms with E-state index in [1.807, 2.05) is 18.3 Å². The number of rotatable bonds is 7.